The molecule has 2 N–H and O–H groups in total. The summed E-state index contributed by atoms with van der Waals surface area (Å²) in [6, 6.07) is 13.9. The van der Waals surface area contributed by atoms with Gasteiger partial charge in [-0.15, -0.1) is 0 Å². The van der Waals surface area contributed by atoms with Crippen LogP contribution in [0.3, 0.4) is 0 Å². The summed E-state index contributed by atoms with van der Waals surface area (Å²) in [6.07, 6.45) is 1.98. The van der Waals surface area contributed by atoms with Crippen LogP contribution >= 0.6 is 11.6 Å². The first-order chi connectivity index (χ1) is 14.8. The SMILES string of the molecule is CC(C)CC(=O)Nc1ccc(NC(=O)C2CCCN(C(=O)c3ccc(Cl)cc3)C2)cc1. The van der Waals surface area contributed by atoms with Crippen LogP contribution in [-0.4, -0.2) is 35.7 Å². The van der Waals surface area contributed by atoms with Crippen molar-refractivity contribution in [1.29, 1.82) is 0 Å². The number of benzene rings is 2. The molecule has 0 aliphatic carbocycles. The number of rotatable bonds is 6. The van der Waals surface area contributed by atoms with E-state index >= 15 is 0 Å². The Morgan fingerprint density at radius 3 is 2.23 bits per heavy atom. The monoisotopic (exact) mass is 441 g/mol. The van der Waals surface area contributed by atoms with Crippen molar-refractivity contribution in [3.8, 4) is 0 Å². The molecule has 31 heavy (non-hydrogen) atoms. The van der Waals surface area contributed by atoms with Crippen LogP contribution < -0.4 is 10.6 Å². The predicted molar refractivity (Wildman–Crippen MR) is 123 cm³/mol. The van der Waals surface area contributed by atoms with E-state index in [2.05, 4.69) is 10.6 Å². The van der Waals surface area contributed by atoms with Crippen molar-refractivity contribution < 1.29 is 14.4 Å². The Balaban J connectivity index is 1.55. The Morgan fingerprint density at radius 2 is 1.61 bits per heavy atom. The van der Waals surface area contributed by atoms with Gasteiger partial charge in [0.05, 0.1) is 5.92 Å². The van der Waals surface area contributed by atoms with Crippen molar-refractivity contribution >= 4 is 40.7 Å². The molecule has 3 amide bonds. The molecule has 0 aromatic heterocycles. The van der Waals surface area contributed by atoms with Gasteiger partial charge in [0.2, 0.25) is 11.8 Å². The van der Waals surface area contributed by atoms with Crippen LogP contribution in [-0.2, 0) is 9.59 Å². The van der Waals surface area contributed by atoms with Gasteiger partial charge in [0.1, 0.15) is 0 Å². The molecule has 3 rings (SSSR count). The maximum Gasteiger partial charge on any atom is 0.253 e. The molecule has 2 aromatic rings. The van der Waals surface area contributed by atoms with Crippen molar-refractivity contribution in [2.45, 2.75) is 33.1 Å². The highest BCUT2D eigenvalue weighted by Crippen LogP contribution is 2.22. The van der Waals surface area contributed by atoms with E-state index in [0.717, 1.165) is 12.8 Å². The first-order valence-electron chi connectivity index (χ1n) is 10.6. The van der Waals surface area contributed by atoms with Gasteiger partial charge in [-0.1, -0.05) is 25.4 Å². The Morgan fingerprint density at radius 1 is 1.00 bits per heavy atom. The first kappa shape index (κ1) is 22.8. The molecule has 1 fully saturated rings. The van der Waals surface area contributed by atoms with Crippen LogP contribution in [0.1, 0.15) is 43.5 Å². The number of halogens is 1. The van der Waals surface area contributed by atoms with Crippen molar-refractivity contribution in [3.63, 3.8) is 0 Å². The topological polar surface area (TPSA) is 78.5 Å². The summed E-state index contributed by atoms with van der Waals surface area (Å²) in [4.78, 5) is 39.1. The Labute approximate surface area is 188 Å². The second-order valence-electron chi connectivity index (χ2n) is 8.31. The van der Waals surface area contributed by atoms with E-state index < -0.39 is 0 Å². The lowest BCUT2D eigenvalue weighted by Crippen LogP contribution is -2.43. The van der Waals surface area contributed by atoms with E-state index in [-0.39, 0.29) is 23.6 Å². The van der Waals surface area contributed by atoms with Gasteiger partial charge >= 0.3 is 0 Å². The molecule has 7 heteroatoms. The number of hydrogen-bond acceptors (Lipinski definition) is 3. The fourth-order valence-corrected chi connectivity index (χ4v) is 3.74. The number of hydrogen-bond donors (Lipinski definition) is 2. The van der Waals surface area contributed by atoms with Gasteiger partial charge in [0, 0.05) is 41.5 Å². The van der Waals surface area contributed by atoms with Crippen LogP contribution in [0, 0.1) is 11.8 Å². The summed E-state index contributed by atoms with van der Waals surface area (Å²) in [7, 11) is 0. The molecule has 6 nitrogen and oxygen atoms in total. The van der Waals surface area contributed by atoms with Crippen molar-refractivity contribution in [1.82, 2.24) is 4.90 Å². The third-order valence-corrected chi connectivity index (χ3v) is 5.45. The van der Waals surface area contributed by atoms with Crippen molar-refractivity contribution in [2.24, 2.45) is 11.8 Å². The molecule has 0 saturated carbocycles. The molecule has 0 bridgehead atoms. The zero-order chi connectivity index (χ0) is 22.4. The molecule has 2 aromatic carbocycles. The van der Waals surface area contributed by atoms with Gasteiger partial charge in [0.25, 0.3) is 5.91 Å². The fraction of sp³-hybridized carbons (Fsp3) is 0.375. The Kier molecular flexibility index (Phi) is 7.69. The second kappa shape index (κ2) is 10.4. The summed E-state index contributed by atoms with van der Waals surface area (Å²) >= 11 is 5.90. The standard InChI is InChI=1S/C24H28ClN3O3/c1-16(2)14-22(29)26-20-9-11-21(12-10-20)27-23(30)18-4-3-13-28(15-18)24(31)17-5-7-19(25)8-6-17/h5-12,16,18H,3-4,13-15H2,1-2H3,(H,26,29)(H,27,30). The van der Waals surface area contributed by atoms with Crippen LogP contribution in [0.25, 0.3) is 0 Å². The minimum atomic E-state index is -0.268. The Bertz CT molecular complexity index is 926. The minimum absolute atomic E-state index is 0.0283. The van der Waals surface area contributed by atoms with E-state index in [1.54, 1.807) is 53.4 Å². The summed E-state index contributed by atoms with van der Waals surface area (Å²) in [5.74, 6) is -0.198. The maximum atomic E-state index is 12.8. The highest BCUT2D eigenvalue weighted by atomic mass is 35.5. The molecule has 0 radical (unpaired) electrons. The molecular weight excluding hydrogens is 414 g/mol. The molecule has 0 spiro atoms. The fourth-order valence-electron chi connectivity index (χ4n) is 3.61. The lowest BCUT2D eigenvalue weighted by Gasteiger charge is -2.32. The molecule has 1 heterocycles. The summed E-state index contributed by atoms with van der Waals surface area (Å²) in [6.45, 7) is 5.01. The van der Waals surface area contributed by atoms with Crippen LogP contribution in [0.2, 0.25) is 5.02 Å². The maximum absolute atomic E-state index is 12.8. The highest BCUT2D eigenvalue weighted by Gasteiger charge is 2.29. The normalized spacial score (nSPS) is 16.1. The number of piperidine rings is 1. The minimum Gasteiger partial charge on any atom is -0.338 e. The molecule has 1 aliphatic rings. The van der Waals surface area contributed by atoms with Gasteiger partial charge in [-0.2, -0.15) is 0 Å². The number of carbonyl (C=O) groups excluding carboxylic acids is 3. The van der Waals surface area contributed by atoms with E-state index in [0.29, 0.717) is 47.4 Å². The highest BCUT2D eigenvalue weighted by molar-refractivity contribution is 6.30. The average Bonchev–Trinajstić information content (AvgIpc) is 2.74. The van der Waals surface area contributed by atoms with Crippen LogP contribution in [0.4, 0.5) is 11.4 Å². The largest absolute Gasteiger partial charge is 0.338 e. The number of amides is 3. The van der Waals surface area contributed by atoms with Crippen LogP contribution in [0.5, 0.6) is 0 Å². The molecule has 1 atom stereocenters. The lowest BCUT2D eigenvalue weighted by atomic mass is 9.96. The third-order valence-electron chi connectivity index (χ3n) is 5.20. The molecule has 1 aliphatic heterocycles. The lowest BCUT2D eigenvalue weighted by molar-refractivity contribution is -0.121. The molecule has 1 saturated heterocycles. The summed E-state index contributed by atoms with van der Waals surface area (Å²) < 4.78 is 0. The van der Waals surface area contributed by atoms with E-state index in [4.69, 9.17) is 11.6 Å². The number of anilines is 2. The zero-order valence-corrected chi connectivity index (χ0v) is 18.6. The van der Waals surface area contributed by atoms with Gasteiger partial charge in [-0.25, -0.2) is 0 Å². The third kappa shape index (κ3) is 6.56. The molecule has 1 unspecified atom stereocenters. The average molecular weight is 442 g/mol. The molecule has 164 valence electrons. The number of likely N-dealkylation sites (tertiary alicyclic amines) is 1. The smallest absolute Gasteiger partial charge is 0.253 e. The second-order valence-corrected chi connectivity index (χ2v) is 8.75. The Hall–Kier alpha value is -2.86. The van der Waals surface area contributed by atoms with E-state index in [1.165, 1.54) is 0 Å². The zero-order valence-electron chi connectivity index (χ0n) is 17.9. The van der Waals surface area contributed by atoms with E-state index in [9.17, 15) is 14.4 Å². The van der Waals surface area contributed by atoms with Crippen molar-refractivity contribution in [2.75, 3.05) is 23.7 Å². The van der Waals surface area contributed by atoms with E-state index in [1.807, 2.05) is 13.8 Å². The summed E-state index contributed by atoms with van der Waals surface area (Å²) in [5, 5.41) is 6.36. The quantitative estimate of drug-likeness (QED) is 0.674. The first-order valence-corrected chi connectivity index (χ1v) is 10.9. The van der Waals surface area contributed by atoms with Gasteiger partial charge in [-0.05, 0) is 67.3 Å². The van der Waals surface area contributed by atoms with Gasteiger partial charge < -0.3 is 15.5 Å². The van der Waals surface area contributed by atoms with Crippen molar-refractivity contribution in [3.05, 3.63) is 59.1 Å². The van der Waals surface area contributed by atoms with Gasteiger partial charge in [-0.3, -0.25) is 14.4 Å². The predicted octanol–water partition coefficient (Wildman–Crippen LogP) is 4.82. The number of carbonyl (C=O) groups is 3. The van der Waals surface area contributed by atoms with Gasteiger partial charge in [0.15, 0.2) is 0 Å². The number of nitrogens with zero attached hydrogens (tertiary/aromatic N) is 1. The number of nitrogens with one attached hydrogen (secondary N) is 2. The molecular formula is C24H28ClN3O3. The van der Waals surface area contributed by atoms with Crippen LogP contribution in [0.15, 0.2) is 48.5 Å². The summed E-state index contributed by atoms with van der Waals surface area (Å²) in [5.41, 5.74) is 1.93.